The predicted octanol–water partition coefficient (Wildman–Crippen LogP) is 1.29. The number of nitrogen functional groups attached to an aromatic ring is 1. The van der Waals surface area contributed by atoms with Gasteiger partial charge in [0.25, 0.3) is 5.91 Å². The first-order valence-electron chi connectivity index (χ1n) is 4.87. The second kappa shape index (κ2) is 4.10. The Morgan fingerprint density at radius 1 is 1.19 bits per heavy atom. The zero-order chi connectivity index (χ0) is 11.5. The van der Waals surface area contributed by atoms with E-state index in [1.165, 1.54) is 0 Å². The summed E-state index contributed by atoms with van der Waals surface area (Å²) in [7, 11) is 0. The molecule has 0 fully saturated rings. The number of benzene rings is 2. The third-order valence-corrected chi connectivity index (χ3v) is 2.30. The SMILES string of the molecule is NC(=O)COc1ccc2ccccc2c1N. The second-order valence-corrected chi connectivity index (χ2v) is 3.45. The average Bonchev–Trinajstić information content (AvgIpc) is 2.28. The molecule has 4 heteroatoms. The van der Waals surface area contributed by atoms with Crippen LogP contribution in [0.2, 0.25) is 0 Å². The molecule has 2 aromatic rings. The van der Waals surface area contributed by atoms with Crippen LogP contribution in [0.5, 0.6) is 5.75 Å². The highest BCUT2D eigenvalue weighted by molar-refractivity contribution is 5.95. The van der Waals surface area contributed by atoms with Gasteiger partial charge in [-0.2, -0.15) is 0 Å². The third-order valence-electron chi connectivity index (χ3n) is 2.30. The quantitative estimate of drug-likeness (QED) is 0.759. The van der Waals surface area contributed by atoms with Gasteiger partial charge in [0.2, 0.25) is 0 Å². The van der Waals surface area contributed by atoms with E-state index in [4.69, 9.17) is 16.2 Å². The van der Waals surface area contributed by atoms with E-state index in [1.54, 1.807) is 6.07 Å². The van der Waals surface area contributed by atoms with Gasteiger partial charge in [-0.15, -0.1) is 0 Å². The zero-order valence-electron chi connectivity index (χ0n) is 8.64. The van der Waals surface area contributed by atoms with Crippen LogP contribution in [0.25, 0.3) is 10.8 Å². The molecule has 0 saturated carbocycles. The van der Waals surface area contributed by atoms with Crippen molar-refractivity contribution in [1.82, 2.24) is 0 Å². The van der Waals surface area contributed by atoms with Crippen LogP contribution in [-0.2, 0) is 4.79 Å². The van der Waals surface area contributed by atoms with Crippen LogP contribution in [0.3, 0.4) is 0 Å². The number of amides is 1. The summed E-state index contributed by atoms with van der Waals surface area (Å²) in [5.74, 6) is -0.0370. The van der Waals surface area contributed by atoms with Gasteiger partial charge in [-0.05, 0) is 11.5 Å². The lowest BCUT2D eigenvalue weighted by Crippen LogP contribution is -2.20. The highest BCUT2D eigenvalue weighted by Crippen LogP contribution is 2.30. The maximum absolute atomic E-state index is 10.6. The topological polar surface area (TPSA) is 78.3 Å². The van der Waals surface area contributed by atoms with Crippen molar-refractivity contribution in [3.05, 3.63) is 36.4 Å². The number of ether oxygens (including phenoxy) is 1. The number of hydrogen-bond acceptors (Lipinski definition) is 3. The Bertz CT molecular complexity index is 538. The minimum atomic E-state index is -0.521. The Morgan fingerprint density at radius 3 is 2.69 bits per heavy atom. The number of nitrogens with two attached hydrogens (primary N) is 2. The van der Waals surface area contributed by atoms with E-state index in [0.29, 0.717) is 11.4 Å². The van der Waals surface area contributed by atoms with E-state index in [-0.39, 0.29) is 6.61 Å². The van der Waals surface area contributed by atoms with Crippen LogP contribution in [0.15, 0.2) is 36.4 Å². The van der Waals surface area contributed by atoms with Crippen LogP contribution < -0.4 is 16.2 Å². The second-order valence-electron chi connectivity index (χ2n) is 3.45. The molecule has 0 aliphatic heterocycles. The third kappa shape index (κ3) is 1.91. The van der Waals surface area contributed by atoms with Gasteiger partial charge in [0.1, 0.15) is 5.75 Å². The van der Waals surface area contributed by atoms with Crippen molar-refractivity contribution < 1.29 is 9.53 Å². The fourth-order valence-corrected chi connectivity index (χ4v) is 1.55. The number of anilines is 1. The van der Waals surface area contributed by atoms with Crippen LogP contribution in [0.1, 0.15) is 0 Å². The van der Waals surface area contributed by atoms with Crippen molar-refractivity contribution in [3.63, 3.8) is 0 Å². The molecule has 0 aliphatic carbocycles. The lowest BCUT2D eigenvalue weighted by molar-refractivity contribution is -0.119. The zero-order valence-corrected chi connectivity index (χ0v) is 8.64. The maximum atomic E-state index is 10.6. The lowest BCUT2D eigenvalue weighted by atomic mass is 10.1. The Hall–Kier alpha value is -2.23. The molecule has 0 atom stereocenters. The van der Waals surface area contributed by atoms with E-state index in [0.717, 1.165) is 10.8 Å². The first kappa shape index (κ1) is 10.3. The number of hydrogen-bond donors (Lipinski definition) is 2. The molecule has 0 unspecified atom stereocenters. The van der Waals surface area contributed by atoms with Gasteiger partial charge in [-0.1, -0.05) is 30.3 Å². The highest BCUT2D eigenvalue weighted by Gasteiger charge is 2.05. The minimum absolute atomic E-state index is 0.164. The van der Waals surface area contributed by atoms with Crippen molar-refractivity contribution in [2.24, 2.45) is 5.73 Å². The summed E-state index contributed by atoms with van der Waals surface area (Å²) < 4.78 is 5.21. The van der Waals surface area contributed by atoms with Gasteiger partial charge in [-0.3, -0.25) is 4.79 Å². The standard InChI is InChI=1S/C12H12N2O2/c13-11(15)7-16-10-6-5-8-3-1-2-4-9(8)12(10)14/h1-6H,7,14H2,(H2,13,15). The molecule has 0 saturated heterocycles. The van der Waals surface area contributed by atoms with Crippen LogP contribution >= 0.6 is 0 Å². The maximum Gasteiger partial charge on any atom is 0.255 e. The molecule has 1 amide bonds. The van der Waals surface area contributed by atoms with Crippen molar-refractivity contribution >= 4 is 22.4 Å². The van der Waals surface area contributed by atoms with Crippen molar-refractivity contribution in [2.75, 3.05) is 12.3 Å². The average molecular weight is 216 g/mol. The molecule has 2 aromatic carbocycles. The summed E-state index contributed by atoms with van der Waals surface area (Å²) in [6.45, 7) is -0.164. The minimum Gasteiger partial charge on any atom is -0.482 e. The van der Waals surface area contributed by atoms with Gasteiger partial charge in [0, 0.05) is 5.39 Å². The number of fused-ring (bicyclic) bond motifs is 1. The Kier molecular flexibility index (Phi) is 2.64. The van der Waals surface area contributed by atoms with Crippen LogP contribution in [0.4, 0.5) is 5.69 Å². The normalized spacial score (nSPS) is 10.2. The molecule has 0 heterocycles. The van der Waals surface area contributed by atoms with Gasteiger partial charge in [-0.25, -0.2) is 0 Å². The van der Waals surface area contributed by atoms with Crippen molar-refractivity contribution in [3.8, 4) is 5.75 Å². The van der Waals surface area contributed by atoms with E-state index in [9.17, 15) is 4.79 Å². The summed E-state index contributed by atoms with van der Waals surface area (Å²) in [4.78, 5) is 10.6. The molecule has 0 bridgehead atoms. The number of primary amides is 1. The molecular weight excluding hydrogens is 204 g/mol. The lowest BCUT2D eigenvalue weighted by Gasteiger charge is -2.09. The molecular formula is C12H12N2O2. The molecule has 0 aliphatic rings. The molecule has 16 heavy (non-hydrogen) atoms. The van der Waals surface area contributed by atoms with E-state index >= 15 is 0 Å². The molecule has 2 rings (SSSR count). The molecule has 4 N–H and O–H groups in total. The van der Waals surface area contributed by atoms with Crippen molar-refractivity contribution in [1.29, 1.82) is 0 Å². The van der Waals surface area contributed by atoms with Crippen molar-refractivity contribution in [2.45, 2.75) is 0 Å². The number of carbonyl (C=O) groups is 1. The first-order chi connectivity index (χ1) is 7.68. The molecule has 0 spiro atoms. The molecule has 82 valence electrons. The molecule has 0 radical (unpaired) electrons. The van der Waals surface area contributed by atoms with E-state index in [2.05, 4.69) is 0 Å². The molecule has 0 aromatic heterocycles. The first-order valence-corrected chi connectivity index (χ1v) is 4.87. The smallest absolute Gasteiger partial charge is 0.255 e. The summed E-state index contributed by atoms with van der Waals surface area (Å²) in [6.07, 6.45) is 0. The Labute approximate surface area is 92.8 Å². The van der Waals surface area contributed by atoms with E-state index < -0.39 is 5.91 Å². The number of carbonyl (C=O) groups excluding carboxylic acids is 1. The summed E-state index contributed by atoms with van der Waals surface area (Å²) in [5, 5.41) is 1.94. The monoisotopic (exact) mass is 216 g/mol. The van der Waals surface area contributed by atoms with Gasteiger partial charge >= 0.3 is 0 Å². The summed E-state index contributed by atoms with van der Waals surface area (Å²) in [5.41, 5.74) is 11.5. The fraction of sp³-hybridized carbons (Fsp3) is 0.0833. The van der Waals surface area contributed by atoms with E-state index in [1.807, 2.05) is 30.3 Å². The highest BCUT2D eigenvalue weighted by atomic mass is 16.5. The van der Waals surface area contributed by atoms with Crippen LogP contribution in [0, 0.1) is 0 Å². The van der Waals surface area contributed by atoms with Crippen LogP contribution in [-0.4, -0.2) is 12.5 Å². The Balaban J connectivity index is 2.40. The number of rotatable bonds is 3. The van der Waals surface area contributed by atoms with Gasteiger partial charge < -0.3 is 16.2 Å². The van der Waals surface area contributed by atoms with Gasteiger partial charge in [0.15, 0.2) is 6.61 Å². The summed E-state index contributed by atoms with van der Waals surface area (Å²) in [6, 6.07) is 11.3. The molecule has 4 nitrogen and oxygen atoms in total. The largest absolute Gasteiger partial charge is 0.482 e. The summed E-state index contributed by atoms with van der Waals surface area (Å²) >= 11 is 0. The fourth-order valence-electron chi connectivity index (χ4n) is 1.55. The predicted molar refractivity (Wildman–Crippen MR) is 63.0 cm³/mol. The Morgan fingerprint density at radius 2 is 1.94 bits per heavy atom. The van der Waals surface area contributed by atoms with Gasteiger partial charge in [0.05, 0.1) is 5.69 Å².